The lowest BCUT2D eigenvalue weighted by Crippen LogP contribution is -2.42. The molecule has 7 nitrogen and oxygen atoms in total. The average Bonchev–Trinajstić information content (AvgIpc) is 3.10. The van der Waals surface area contributed by atoms with Crippen LogP contribution in [0.5, 0.6) is 0 Å². The molecule has 1 saturated heterocycles. The zero-order chi connectivity index (χ0) is 21.7. The van der Waals surface area contributed by atoms with Crippen LogP contribution in [0.15, 0.2) is 54.6 Å². The summed E-state index contributed by atoms with van der Waals surface area (Å²) in [6.07, 6.45) is 0.389. The van der Waals surface area contributed by atoms with Gasteiger partial charge in [0.05, 0.1) is 17.1 Å². The SMILES string of the molecule is CN(C)c1cccc(C(=O)OCC(=O)N(Cc2ccccc2)[C@@H]2CCS(=O)(=O)C2)c1. The fourth-order valence-corrected chi connectivity index (χ4v) is 5.16. The lowest BCUT2D eigenvalue weighted by Gasteiger charge is -2.28. The Labute approximate surface area is 177 Å². The van der Waals surface area contributed by atoms with Gasteiger partial charge in [0, 0.05) is 32.4 Å². The summed E-state index contributed by atoms with van der Waals surface area (Å²) in [5.74, 6) is -0.999. The van der Waals surface area contributed by atoms with Crippen molar-refractivity contribution in [2.75, 3.05) is 37.1 Å². The first-order chi connectivity index (χ1) is 14.2. The normalized spacial score (nSPS) is 17.3. The number of nitrogens with zero attached hydrogens (tertiary/aromatic N) is 2. The smallest absolute Gasteiger partial charge is 0.338 e. The van der Waals surface area contributed by atoms with E-state index in [-0.39, 0.29) is 18.1 Å². The van der Waals surface area contributed by atoms with Gasteiger partial charge in [-0.1, -0.05) is 36.4 Å². The van der Waals surface area contributed by atoms with Gasteiger partial charge in [-0.3, -0.25) is 4.79 Å². The topological polar surface area (TPSA) is 84.0 Å². The maximum Gasteiger partial charge on any atom is 0.338 e. The van der Waals surface area contributed by atoms with E-state index in [4.69, 9.17) is 4.74 Å². The van der Waals surface area contributed by atoms with E-state index in [1.54, 1.807) is 18.2 Å². The van der Waals surface area contributed by atoms with Crippen molar-refractivity contribution in [2.45, 2.75) is 19.0 Å². The summed E-state index contributed by atoms with van der Waals surface area (Å²) >= 11 is 0. The first kappa shape index (κ1) is 21.8. The molecular formula is C22H26N2O5S. The third-order valence-corrected chi connectivity index (χ3v) is 6.84. The monoisotopic (exact) mass is 430 g/mol. The summed E-state index contributed by atoms with van der Waals surface area (Å²) in [4.78, 5) is 28.7. The number of sulfone groups is 1. The van der Waals surface area contributed by atoms with Gasteiger partial charge in [-0.05, 0) is 30.2 Å². The summed E-state index contributed by atoms with van der Waals surface area (Å²) in [5, 5.41) is 0. The van der Waals surface area contributed by atoms with Crippen molar-refractivity contribution in [3.8, 4) is 0 Å². The number of ether oxygens (including phenoxy) is 1. The van der Waals surface area contributed by atoms with Gasteiger partial charge in [-0.15, -0.1) is 0 Å². The number of hydrogen-bond donors (Lipinski definition) is 0. The Hall–Kier alpha value is -2.87. The quantitative estimate of drug-likeness (QED) is 0.626. The Bertz CT molecular complexity index is 1010. The fourth-order valence-electron chi connectivity index (χ4n) is 3.43. The molecule has 0 aromatic heterocycles. The van der Waals surface area contributed by atoms with E-state index < -0.39 is 34.4 Å². The van der Waals surface area contributed by atoms with E-state index >= 15 is 0 Å². The zero-order valence-corrected chi connectivity index (χ0v) is 18.0. The van der Waals surface area contributed by atoms with Gasteiger partial charge in [-0.25, -0.2) is 13.2 Å². The molecule has 1 heterocycles. The molecule has 30 heavy (non-hydrogen) atoms. The Morgan fingerprint density at radius 2 is 1.80 bits per heavy atom. The molecule has 1 aliphatic rings. The van der Waals surface area contributed by atoms with Crippen LogP contribution in [0, 0.1) is 0 Å². The molecule has 1 fully saturated rings. The Balaban J connectivity index is 1.70. The van der Waals surface area contributed by atoms with E-state index in [1.807, 2.05) is 55.4 Å². The lowest BCUT2D eigenvalue weighted by atomic mass is 10.1. The molecule has 0 aliphatic carbocycles. The number of benzene rings is 2. The zero-order valence-electron chi connectivity index (χ0n) is 17.2. The van der Waals surface area contributed by atoms with Crippen LogP contribution in [-0.2, 0) is 25.9 Å². The number of carbonyl (C=O) groups is 2. The summed E-state index contributed by atoms with van der Waals surface area (Å²) < 4.78 is 29.1. The highest BCUT2D eigenvalue weighted by molar-refractivity contribution is 7.91. The van der Waals surface area contributed by atoms with E-state index in [1.165, 1.54) is 4.90 Å². The van der Waals surface area contributed by atoms with Crippen molar-refractivity contribution < 1.29 is 22.7 Å². The summed E-state index contributed by atoms with van der Waals surface area (Å²) in [6.45, 7) is -0.165. The first-order valence-corrected chi connectivity index (χ1v) is 11.6. The second-order valence-electron chi connectivity index (χ2n) is 7.58. The highest BCUT2D eigenvalue weighted by Gasteiger charge is 2.35. The minimum Gasteiger partial charge on any atom is -0.452 e. The maximum absolute atomic E-state index is 12.9. The van der Waals surface area contributed by atoms with Crippen molar-refractivity contribution in [3.05, 3.63) is 65.7 Å². The molecule has 0 saturated carbocycles. The van der Waals surface area contributed by atoms with Crippen LogP contribution in [-0.4, -0.2) is 63.4 Å². The number of carbonyl (C=O) groups excluding carboxylic acids is 2. The van der Waals surface area contributed by atoms with Gasteiger partial charge in [0.2, 0.25) is 0 Å². The van der Waals surface area contributed by atoms with Gasteiger partial charge in [0.25, 0.3) is 5.91 Å². The van der Waals surface area contributed by atoms with E-state index in [9.17, 15) is 18.0 Å². The van der Waals surface area contributed by atoms with Gasteiger partial charge < -0.3 is 14.5 Å². The van der Waals surface area contributed by atoms with Crippen molar-refractivity contribution in [2.24, 2.45) is 0 Å². The van der Waals surface area contributed by atoms with Crippen LogP contribution in [0.4, 0.5) is 5.69 Å². The molecule has 8 heteroatoms. The van der Waals surface area contributed by atoms with E-state index in [2.05, 4.69) is 0 Å². The van der Waals surface area contributed by atoms with Crippen molar-refractivity contribution in [3.63, 3.8) is 0 Å². The second kappa shape index (κ2) is 9.30. The Kier molecular flexibility index (Phi) is 6.77. The van der Waals surface area contributed by atoms with Gasteiger partial charge in [-0.2, -0.15) is 0 Å². The van der Waals surface area contributed by atoms with Gasteiger partial charge in [0.1, 0.15) is 0 Å². The van der Waals surface area contributed by atoms with Crippen molar-refractivity contribution in [1.82, 2.24) is 4.90 Å². The highest BCUT2D eigenvalue weighted by Crippen LogP contribution is 2.21. The van der Waals surface area contributed by atoms with Crippen LogP contribution in [0.25, 0.3) is 0 Å². The molecule has 1 atom stereocenters. The average molecular weight is 431 g/mol. The molecule has 1 aliphatic heterocycles. The molecule has 2 aromatic carbocycles. The van der Waals surface area contributed by atoms with Gasteiger partial charge >= 0.3 is 5.97 Å². The van der Waals surface area contributed by atoms with Gasteiger partial charge in [0.15, 0.2) is 16.4 Å². The number of anilines is 1. The summed E-state index contributed by atoms with van der Waals surface area (Å²) in [7, 11) is 0.573. The molecule has 0 spiro atoms. The van der Waals surface area contributed by atoms with Crippen LogP contribution >= 0.6 is 0 Å². The molecule has 2 aromatic rings. The molecule has 0 unspecified atom stereocenters. The van der Waals surface area contributed by atoms with E-state index in [0.717, 1.165) is 11.3 Å². The lowest BCUT2D eigenvalue weighted by molar-refractivity contribution is -0.137. The minimum atomic E-state index is -3.16. The van der Waals surface area contributed by atoms with Crippen molar-refractivity contribution in [1.29, 1.82) is 0 Å². The fraction of sp³-hybridized carbons (Fsp3) is 0.364. The van der Waals surface area contributed by atoms with Crippen LogP contribution < -0.4 is 4.90 Å². The molecule has 1 amide bonds. The summed E-state index contributed by atoms with van der Waals surface area (Å²) in [5.41, 5.74) is 2.09. The van der Waals surface area contributed by atoms with Crippen molar-refractivity contribution >= 4 is 27.4 Å². The minimum absolute atomic E-state index is 0.0628. The predicted molar refractivity (Wildman–Crippen MR) is 115 cm³/mol. The molecule has 3 rings (SSSR count). The van der Waals surface area contributed by atoms with Crippen LogP contribution in [0.2, 0.25) is 0 Å². The largest absolute Gasteiger partial charge is 0.452 e. The number of rotatable bonds is 7. The highest BCUT2D eigenvalue weighted by atomic mass is 32.2. The molecule has 0 bridgehead atoms. The molecule has 0 N–H and O–H groups in total. The Morgan fingerprint density at radius 3 is 2.43 bits per heavy atom. The molecule has 160 valence electrons. The maximum atomic E-state index is 12.9. The molecular weight excluding hydrogens is 404 g/mol. The molecule has 0 radical (unpaired) electrons. The first-order valence-electron chi connectivity index (χ1n) is 9.73. The third kappa shape index (κ3) is 5.60. The number of hydrogen-bond acceptors (Lipinski definition) is 6. The summed E-state index contributed by atoms with van der Waals surface area (Å²) in [6, 6.07) is 15.9. The van der Waals surface area contributed by atoms with Crippen LogP contribution in [0.1, 0.15) is 22.3 Å². The number of amides is 1. The van der Waals surface area contributed by atoms with Crippen LogP contribution in [0.3, 0.4) is 0 Å². The predicted octanol–water partition coefficient (Wildman–Crippen LogP) is 2.13. The van der Waals surface area contributed by atoms with E-state index in [0.29, 0.717) is 12.0 Å². The number of esters is 1. The standard InChI is InChI=1S/C22H26N2O5S/c1-23(2)19-10-6-9-18(13-19)22(26)29-15-21(25)24(14-17-7-4-3-5-8-17)20-11-12-30(27,28)16-20/h3-10,13,20H,11-12,14-16H2,1-2H3/t20-/m1/s1. The third-order valence-electron chi connectivity index (χ3n) is 5.09. The Morgan fingerprint density at radius 1 is 1.07 bits per heavy atom. The second-order valence-corrected chi connectivity index (χ2v) is 9.81.